The Morgan fingerprint density at radius 1 is 1.45 bits per heavy atom. The fourth-order valence-corrected chi connectivity index (χ4v) is 2.45. The molecule has 0 fully saturated rings. The largest absolute Gasteiger partial charge is 0.494 e. The molecule has 3 nitrogen and oxygen atoms in total. The topological polar surface area (TPSA) is 38.3 Å². The van der Waals surface area contributed by atoms with E-state index in [1.165, 1.54) is 13.2 Å². The van der Waals surface area contributed by atoms with Gasteiger partial charge in [0.1, 0.15) is 0 Å². The maximum atomic E-state index is 13.6. The Hall–Kier alpha value is -1.84. The van der Waals surface area contributed by atoms with Crippen LogP contribution < -0.4 is 10.1 Å². The number of carbonyl (C=O) groups is 1. The number of amides is 1. The number of methoxy groups -OCH3 is 1. The summed E-state index contributed by atoms with van der Waals surface area (Å²) in [5.41, 5.74) is 3.17. The van der Waals surface area contributed by atoms with Crippen LogP contribution in [0.5, 0.6) is 5.75 Å². The van der Waals surface area contributed by atoms with Gasteiger partial charge in [-0.15, -0.1) is 0 Å². The lowest BCUT2D eigenvalue weighted by Crippen LogP contribution is -2.23. The predicted octanol–water partition coefficient (Wildman–Crippen LogP) is 3.08. The van der Waals surface area contributed by atoms with E-state index < -0.39 is 0 Å². The predicted molar refractivity (Wildman–Crippen MR) is 77.2 cm³/mol. The van der Waals surface area contributed by atoms with E-state index in [4.69, 9.17) is 4.74 Å². The van der Waals surface area contributed by atoms with E-state index >= 15 is 0 Å². The van der Waals surface area contributed by atoms with E-state index in [-0.39, 0.29) is 17.5 Å². The quantitative estimate of drug-likeness (QED) is 0.867. The number of halogens is 1. The Morgan fingerprint density at radius 2 is 2.25 bits per heavy atom. The molecule has 0 spiro atoms. The molecule has 1 amide bonds. The van der Waals surface area contributed by atoms with E-state index in [2.05, 4.69) is 11.4 Å². The van der Waals surface area contributed by atoms with Gasteiger partial charge in [0.25, 0.3) is 0 Å². The zero-order chi connectivity index (χ0) is 14.5. The number of benzene rings is 1. The van der Waals surface area contributed by atoms with Gasteiger partial charge in [0.15, 0.2) is 11.6 Å². The van der Waals surface area contributed by atoms with Crippen molar-refractivity contribution in [1.29, 1.82) is 0 Å². The number of hydrogen-bond donors (Lipinski definition) is 1. The first-order chi connectivity index (χ1) is 9.65. The first-order valence-electron chi connectivity index (χ1n) is 6.98. The Morgan fingerprint density at radius 3 is 2.95 bits per heavy atom. The molecule has 0 aliphatic heterocycles. The number of ether oxygens (including phenoxy) is 1. The zero-order valence-electron chi connectivity index (χ0n) is 12.0. The second-order valence-corrected chi connectivity index (χ2v) is 4.93. The zero-order valence-corrected chi connectivity index (χ0v) is 12.0. The van der Waals surface area contributed by atoms with Crippen molar-refractivity contribution in [2.45, 2.75) is 32.6 Å². The van der Waals surface area contributed by atoms with E-state index in [0.29, 0.717) is 13.0 Å². The molecule has 1 aliphatic carbocycles. The van der Waals surface area contributed by atoms with E-state index in [9.17, 15) is 9.18 Å². The summed E-state index contributed by atoms with van der Waals surface area (Å²) < 4.78 is 18.6. The van der Waals surface area contributed by atoms with Crippen molar-refractivity contribution >= 4 is 11.5 Å². The molecule has 0 radical (unpaired) electrons. The minimum Gasteiger partial charge on any atom is -0.494 e. The molecule has 0 saturated heterocycles. The standard InChI is InChI=1S/C16H20FNO2/c1-3-4-16(19)18-8-7-11-5-6-12-9-14(17)15(20-2)10-13(11)12/h5,9-10H,3-4,6-8H2,1-2H3,(H,18,19). The van der Waals surface area contributed by atoms with Crippen molar-refractivity contribution in [2.75, 3.05) is 13.7 Å². The van der Waals surface area contributed by atoms with Crippen LogP contribution in [0, 0.1) is 5.82 Å². The van der Waals surface area contributed by atoms with Gasteiger partial charge < -0.3 is 10.1 Å². The highest BCUT2D eigenvalue weighted by Gasteiger charge is 2.17. The van der Waals surface area contributed by atoms with Crippen LogP contribution in [0.2, 0.25) is 0 Å². The minimum absolute atomic E-state index is 0.0861. The normalized spacial score (nSPS) is 12.8. The lowest BCUT2D eigenvalue weighted by molar-refractivity contribution is -0.121. The highest BCUT2D eigenvalue weighted by Crippen LogP contribution is 2.34. The lowest BCUT2D eigenvalue weighted by Gasteiger charge is -2.10. The summed E-state index contributed by atoms with van der Waals surface area (Å²) in [6.07, 6.45) is 5.02. The first kappa shape index (κ1) is 14.6. The summed E-state index contributed by atoms with van der Waals surface area (Å²) in [6.45, 7) is 2.60. The Bertz CT molecular complexity index is 538. The van der Waals surface area contributed by atoms with Gasteiger partial charge in [-0.2, -0.15) is 0 Å². The summed E-state index contributed by atoms with van der Waals surface area (Å²) in [7, 11) is 1.47. The molecule has 0 unspecified atom stereocenters. The summed E-state index contributed by atoms with van der Waals surface area (Å²) in [4.78, 5) is 11.4. The molecule has 0 heterocycles. The highest BCUT2D eigenvalue weighted by atomic mass is 19.1. The number of carbonyl (C=O) groups excluding carboxylic acids is 1. The van der Waals surface area contributed by atoms with Crippen LogP contribution >= 0.6 is 0 Å². The molecular formula is C16H20FNO2. The molecule has 4 heteroatoms. The Kier molecular flexibility index (Phi) is 4.77. The van der Waals surface area contributed by atoms with Crippen molar-refractivity contribution in [3.05, 3.63) is 35.2 Å². The van der Waals surface area contributed by atoms with Gasteiger partial charge in [-0.05, 0) is 48.1 Å². The van der Waals surface area contributed by atoms with Gasteiger partial charge in [-0.25, -0.2) is 4.39 Å². The van der Waals surface area contributed by atoms with Crippen molar-refractivity contribution in [3.63, 3.8) is 0 Å². The summed E-state index contributed by atoms with van der Waals surface area (Å²) in [6, 6.07) is 3.28. The maximum absolute atomic E-state index is 13.6. The fourth-order valence-electron chi connectivity index (χ4n) is 2.45. The minimum atomic E-state index is -0.322. The molecule has 20 heavy (non-hydrogen) atoms. The molecule has 0 atom stereocenters. The van der Waals surface area contributed by atoms with E-state index in [1.807, 2.05) is 6.92 Å². The molecule has 1 aromatic rings. The van der Waals surface area contributed by atoms with Crippen molar-refractivity contribution in [1.82, 2.24) is 5.32 Å². The highest BCUT2D eigenvalue weighted by molar-refractivity contribution is 5.77. The lowest BCUT2D eigenvalue weighted by atomic mass is 10.0. The number of hydrogen-bond acceptors (Lipinski definition) is 2. The third-order valence-corrected chi connectivity index (χ3v) is 3.49. The van der Waals surface area contributed by atoms with Crippen LogP contribution in [0.3, 0.4) is 0 Å². The van der Waals surface area contributed by atoms with Gasteiger partial charge >= 0.3 is 0 Å². The summed E-state index contributed by atoms with van der Waals surface area (Å²) in [5, 5.41) is 2.90. The summed E-state index contributed by atoms with van der Waals surface area (Å²) in [5.74, 6) is 0.0340. The average Bonchev–Trinajstić information content (AvgIpc) is 2.80. The van der Waals surface area contributed by atoms with Crippen LogP contribution in [0.25, 0.3) is 5.57 Å². The number of fused-ring (bicyclic) bond motifs is 1. The SMILES string of the molecule is CCCC(=O)NCCC1=CCc2cc(F)c(OC)cc21. The van der Waals surface area contributed by atoms with Crippen molar-refractivity contribution < 1.29 is 13.9 Å². The smallest absolute Gasteiger partial charge is 0.219 e. The van der Waals surface area contributed by atoms with Crippen molar-refractivity contribution in [2.24, 2.45) is 0 Å². The van der Waals surface area contributed by atoms with Gasteiger partial charge in [0.2, 0.25) is 5.91 Å². The Balaban J connectivity index is 1.99. The molecule has 108 valence electrons. The van der Waals surface area contributed by atoms with Crippen LogP contribution in [0.1, 0.15) is 37.3 Å². The second kappa shape index (κ2) is 6.55. The fraction of sp³-hybridized carbons (Fsp3) is 0.438. The molecule has 2 rings (SSSR count). The molecule has 1 aliphatic rings. The van der Waals surface area contributed by atoms with Gasteiger partial charge in [-0.3, -0.25) is 4.79 Å². The molecular weight excluding hydrogens is 257 g/mol. The first-order valence-corrected chi connectivity index (χ1v) is 6.98. The third-order valence-electron chi connectivity index (χ3n) is 3.49. The Labute approximate surface area is 118 Å². The van der Waals surface area contributed by atoms with Gasteiger partial charge in [-0.1, -0.05) is 13.0 Å². The maximum Gasteiger partial charge on any atom is 0.219 e. The van der Waals surface area contributed by atoms with Crippen LogP contribution in [0.4, 0.5) is 4.39 Å². The average molecular weight is 277 g/mol. The third kappa shape index (κ3) is 3.18. The van der Waals surface area contributed by atoms with Crippen LogP contribution in [-0.4, -0.2) is 19.6 Å². The monoisotopic (exact) mass is 277 g/mol. The van der Waals surface area contributed by atoms with Crippen LogP contribution in [-0.2, 0) is 11.2 Å². The molecule has 0 aromatic heterocycles. The van der Waals surface area contributed by atoms with Gasteiger partial charge in [0.05, 0.1) is 7.11 Å². The molecule has 0 saturated carbocycles. The number of nitrogens with one attached hydrogen (secondary N) is 1. The second-order valence-electron chi connectivity index (χ2n) is 4.93. The molecule has 0 bridgehead atoms. The summed E-state index contributed by atoms with van der Waals surface area (Å²) >= 11 is 0. The molecule has 1 N–H and O–H groups in total. The number of allylic oxidation sites excluding steroid dienone is 1. The molecule has 1 aromatic carbocycles. The van der Waals surface area contributed by atoms with E-state index in [1.54, 1.807) is 6.07 Å². The number of rotatable bonds is 6. The van der Waals surface area contributed by atoms with Crippen molar-refractivity contribution in [3.8, 4) is 5.75 Å². The van der Waals surface area contributed by atoms with Crippen LogP contribution in [0.15, 0.2) is 18.2 Å². The van der Waals surface area contributed by atoms with Gasteiger partial charge in [0, 0.05) is 13.0 Å². The van der Waals surface area contributed by atoms with E-state index in [0.717, 1.165) is 36.0 Å².